The van der Waals surface area contributed by atoms with Crippen molar-refractivity contribution in [2.75, 3.05) is 32.7 Å². The number of carbonyl (C=O) groups excluding carboxylic acids is 1. The molecule has 0 aromatic heterocycles. The molecule has 2 atom stereocenters. The van der Waals surface area contributed by atoms with E-state index in [1.807, 2.05) is 30.3 Å². The molecule has 1 aliphatic carbocycles. The molecule has 1 aromatic carbocycles. The van der Waals surface area contributed by atoms with Gasteiger partial charge < -0.3 is 25.6 Å². The summed E-state index contributed by atoms with van der Waals surface area (Å²) in [7, 11) is 0. The monoisotopic (exact) mass is 367 g/mol. The van der Waals surface area contributed by atoms with Crippen LogP contribution < -0.4 is 16.0 Å². The van der Waals surface area contributed by atoms with Crippen LogP contribution in [0.5, 0.6) is 0 Å². The van der Waals surface area contributed by atoms with Gasteiger partial charge in [0.2, 0.25) is 0 Å². The molecule has 2 unspecified atom stereocenters. The summed E-state index contributed by atoms with van der Waals surface area (Å²) in [4.78, 5) is 19.1. The fourth-order valence-electron chi connectivity index (χ4n) is 3.57. The Bertz CT molecular complexity index is 753. The lowest BCUT2D eigenvalue weighted by Crippen LogP contribution is -2.47. The van der Waals surface area contributed by atoms with E-state index in [0.29, 0.717) is 6.54 Å². The van der Waals surface area contributed by atoms with Gasteiger partial charge in [0.05, 0.1) is 12.6 Å². The highest BCUT2D eigenvalue weighted by Gasteiger charge is 2.34. The maximum Gasteiger partial charge on any atom is 0.407 e. The van der Waals surface area contributed by atoms with Crippen LogP contribution in [0.4, 0.5) is 4.79 Å². The smallest absolute Gasteiger partial charge is 0.407 e. The molecule has 4 rings (SSSR count). The molecule has 2 heterocycles. The van der Waals surface area contributed by atoms with Gasteiger partial charge in [0, 0.05) is 31.9 Å². The molecule has 1 saturated heterocycles. The van der Waals surface area contributed by atoms with E-state index in [1.54, 1.807) is 0 Å². The molecule has 3 aliphatic rings. The van der Waals surface area contributed by atoms with Crippen molar-refractivity contribution in [2.45, 2.75) is 18.7 Å². The van der Waals surface area contributed by atoms with E-state index in [2.05, 4.69) is 39.1 Å². The number of amidine groups is 1. The summed E-state index contributed by atoms with van der Waals surface area (Å²) in [6.45, 7) is 4.59. The number of benzene rings is 1. The molecule has 0 bridgehead atoms. The summed E-state index contributed by atoms with van der Waals surface area (Å²) in [5.74, 6) is 0.786. The van der Waals surface area contributed by atoms with Crippen molar-refractivity contribution in [3.8, 4) is 0 Å². The van der Waals surface area contributed by atoms with Gasteiger partial charge in [0.25, 0.3) is 0 Å². The molecule has 3 N–H and O–H groups in total. The highest BCUT2D eigenvalue weighted by atomic mass is 16.5. The Labute approximate surface area is 159 Å². The molecule has 7 nitrogen and oxygen atoms in total. The minimum absolute atomic E-state index is 0.0743. The molecule has 0 radical (unpaired) electrons. The fraction of sp³-hybridized carbons (Fsp3) is 0.400. The van der Waals surface area contributed by atoms with Gasteiger partial charge in [-0.1, -0.05) is 42.5 Å². The number of fused-ring (bicyclic) bond motifs is 1. The molecule has 2 aliphatic heterocycles. The van der Waals surface area contributed by atoms with Crippen LogP contribution in [0.1, 0.15) is 5.56 Å². The summed E-state index contributed by atoms with van der Waals surface area (Å²) in [6.07, 6.45) is 5.93. The molecule has 1 aromatic rings. The van der Waals surface area contributed by atoms with Gasteiger partial charge in [-0.3, -0.25) is 4.99 Å². The van der Waals surface area contributed by atoms with Crippen molar-refractivity contribution in [3.05, 3.63) is 59.8 Å². The summed E-state index contributed by atoms with van der Waals surface area (Å²) < 4.78 is 5.25. The van der Waals surface area contributed by atoms with E-state index < -0.39 is 6.09 Å². The molecule has 0 saturated carbocycles. The number of carbonyl (C=O) groups is 1. The van der Waals surface area contributed by atoms with Crippen molar-refractivity contribution in [3.63, 3.8) is 0 Å². The number of nitrogens with zero attached hydrogens (tertiary/aromatic N) is 2. The lowest BCUT2D eigenvalue weighted by atomic mass is 9.99. The summed E-state index contributed by atoms with van der Waals surface area (Å²) >= 11 is 0. The van der Waals surface area contributed by atoms with Gasteiger partial charge >= 0.3 is 6.09 Å². The quantitative estimate of drug-likeness (QED) is 0.724. The van der Waals surface area contributed by atoms with Crippen molar-refractivity contribution < 1.29 is 9.53 Å². The van der Waals surface area contributed by atoms with E-state index in [-0.39, 0.29) is 18.7 Å². The molecule has 1 amide bonds. The second-order valence-corrected chi connectivity index (χ2v) is 6.82. The second kappa shape index (κ2) is 8.26. The van der Waals surface area contributed by atoms with Crippen LogP contribution in [0.3, 0.4) is 0 Å². The number of amides is 1. The van der Waals surface area contributed by atoms with Crippen LogP contribution in [0.15, 0.2) is 59.2 Å². The van der Waals surface area contributed by atoms with Crippen LogP contribution in [0, 0.1) is 0 Å². The Morgan fingerprint density at radius 3 is 2.89 bits per heavy atom. The van der Waals surface area contributed by atoms with E-state index in [4.69, 9.17) is 9.73 Å². The summed E-state index contributed by atoms with van der Waals surface area (Å²) in [5, 5.41) is 9.56. The number of nitrogens with one attached hydrogen (secondary N) is 3. The van der Waals surface area contributed by atoms with Crippen molar-refractivity contribution in [1.82, 2.24) is 20.9 Å². The van der Waals surface area contributed by atoms with Gasteiger partial charge in [-0.25, -0.2) is 4.79 Å². The molecular formula is C20H25N5O2. The highest BCUT2D eigenvalue weighted by molar-refractivity contribution is 5.89. The first-order valence-corrected chi connectivity index (χ1v) is 9.41. The first-order chi connectivity index (χ1) is 13.3. The molecule has 142 valence electrons. The van der Waals surface area contributed by atoms with Gasteiger partial charge in [-0.05, 0) is 11.6 Å². The van der Waals surface area contributed by atoms with Gasteiger partial charge in [0.1, 0.15) is 18.5 Å². The normalized spacial score (nSPS) is 23.8. The Morgan fingerprint density at radius 2 is 2.07 bits per heavy atom. The van der Waals surface area contributed by atoms with Crippen LogP contribution in [-0.4, -0.2) is 61.6 Å². The van der Waals surface area contributed by atoms with E-state index in [0.717, 1.165) is 37.6 Å². The van der Waals surface area contributed by atoms with Crippen LogP contribution in [-0.2, 0) is 11.3 Å². The number of aliphatic imine (C=N–C) groups is 1. The van der Waals surface area contributed by atoms with Crippen molar-refractivity contribution in [1.29, 1.82) is 0 Å². The number of hydrogen-bond acceptors (Lipinski definition) is 6. The standard InChI is InChI=1S/C20H25N5O2/c26-20(27-14-15-5-2-1-3-6-15)22-13-18-23-16-7-4-8-17(19(16)24-18)25-11-9-21-10-12-25/h1-8,16,19,21H,9-14H2,(H,22,26)(H,23,24). The predicted molar refractivity (Wildman–Crippen MR) is 104 cm³/mol. The number of piperazine rings is 1. The van der Waals surface area contributed by atoms with E-state index in [9.17, 15) is 4.79 Å². The Morgan fingerprint density at radius 1 is 1.26 bits per heavy atom. The zero-order chi connectivity index (χ0) is 18.5. The number of alkyl carbamates (subject to hydrolysis) is 1. The highest BCUT2D eigenvalue weighted by Crippen LogP contribution is 2.24. The summed E-state index contributed by atoms with van der Waals surface area (Å²) in [6, 6.07) is 9.86. The minimum Gasteiger partial charge on any atom is -0.445 e. The van der Waals surface area contributed by atoms with Crippen LogP contribution >= 0.6 is 0 Å². The minimum atomic E-state index is -0.438. The van der Waals surface area contributed by atoms with Gasteiger partial charge in [0.15, 0.2) is 0 Å². The topological polar surface area (TPSA) is 78.0 Å². The Kier molecular flexibility index (Phi) is 5.39. The zero-order valence-electron chi connectivity index (χ0n) is 15.2. The van der Waals surface area contributed by atoms with Crippen molar-refractivity contribution >= 4 is 11.9 Å². The summed E-state index contributed by atoms with van der Waals surface area (Å²) in [5.41, 5.74) is 2.21. The Hall–Kier alpha value is -2.80. The third-order valence-corrected chi connectivity index (χ3v) is 4.95. The van der Waals surface area contributed by atoms with Gasteiger partial charge in [-0.2, -0.15) is 0 Å². The van der Waals surface area contributed by atoms with Gasteiger partial charge in [-0.15, -0.1) is 0 Å². The van der Waals surface area contributed by atoms with E-state index >= 15 is 0 Å². The lowest BCUT2D eigenvalue weighted by molar-refractivity contribution is 0.141. The molecule has 7 heteroatoms. The number of ether oxygens (including phenoxy) is 1. The molecule has 0 spiro atoms. The van der Waals surface area contributed by atoms with Crippen LogP contribution in [0.2, 0.25) is 0 Å². The fourth-order valence-corrected chi connectivity index (χ4v) is 3.57. The molecule has 27 heavy (non-hydrogen) atoms. The third-order valence-electron chi connectivity index (χ3n) is 4.95. The average Bonchev–Trinajstić information content (AvgIpc) is 3.15. The Balaban J connectivity index is 1.29. The molecular weight excluding hydrogens is 342 g/mol. The third kappa shape index (κ3) is 4.31. The maximum atomic E-state index is 11.9. The number of allylic oxidation sites excluding steroid dienone is 2. The maximum absolute atomic E-state index is 11.9. The largest absolute Gasteiger partial charge is 0.445 e. The second-order valence-electron chi connectivity index (χ2n) is 6.82. The predicted octanol–water partition coefficient (Wildman–Crippen LogP) is 1.01. The SMILES string of the molecule is O=C(NCC1=NC2C(N3CCNCC3)=CC=CC2N1)OCc1ccccc1. The first kappa shape index (κ1) is 17.6. The van der Waals surface area contributed by atoms with E-state index in [1.165, 1.54) is 5.70 Å². The van der Waals surface area contributed by atoms with Crippen molar-refractivity contribution in [2.24, 2.45) is 4.99 Å². The zero-order valence-corrected chi connectivity index (χ0v) is 15.2. The van der Waals surface area contributed by atoms with Crippen LogP contribution in [0.25, 0.3) is 0 Å². The molecule has 1 fully saturated rings. The number of hydrogen-bond donors (Lipinski definition) is 3. The average molecular weight is 367 g/mol. The lowest BCUT2D eigenvalue weighted by Gasteiger charge is -2.35. The first-order valence-electron chi connectivity index (χ1n) is 9.41. The number of rotatable bonds is 5.